The van der Waals surface area contributed by atoms with Gasteiger partial charge in [-0.1, -0.05) is 34.6 Å². The molecule has 0 aliphatic carbocycles. The van der Waals surface area contributed by atoms with Crippen molar-refractivity contribution in [3.8, 4) is 0 Å². The van der Waals surface area contributed by atoms with Gasteiger partial charge in [0.15, 0.2) is 12.6 Å². The molecule has 33 unspecified atom stereocenters. The number of hydrogen-bond acceptors (Lipinski definition) is 34. The van der Waals surface area contributed by atoms with Gasteiger partial charge in [0.1, 0.15) is 110 Å². The number of carboxylic acid groups (broad SMARTS) is 2. The van der Waals surface area contributed by atoms with E-state index in [1.54, 1.807) is 41.5 Å². The van der Waals surface area contributed by atoms with Crippen molar-refractivity contribution in [3.63, 3.8) is 0 Å². The van der Waals surface area contributed by atoms with Crippen molar-refractivity contribution >= 4 is 11.9 Å². The Bertz CT molecular complexity index is 2230. The molecule has 0 aromatic carbocycles. The molecule has 36 nitrogen and oxygen atoms in total. The van der Waals surface area contributed by atoms with Crippen LogP contribution in [0.3, 0.4) is 0 Å². The van der Waals surface area contributed by atoms with E-state index in [2.05, 4.69) is 0 Å². The van der Waals surface area contributed by atoms with Crippen LogP contribution in [0.5, 0.6) is 0 Å². The molecule has 23 N–H and O–H groups in total. The van der Waals surface area contributed by atoms with Crippen molar-refractivity contribution in [1.29, 1.82) is 0 Å². The molecule has 7 fully saturated rings. The summed E-state index contributed by atoms with van der Waals surface area (Å²) in [6.45, 7) is 8.87. The maximum absolute atomic E-state index is 12.3. The van der Waals surface area contributed by atoms with Crippen LogP contribution in [0, 0.1) is 29.6 Å². The van der Waals surface area contributed by atoms with Crippen molar-refractivity contribution < 1.29 is 179 Å². The number of ether oxygens (including phenoxy) is 11. The molecule has 7 rings (SSSR count). The van der Waals surface area contributed by atoms with E-state index >= 15 is 0 Å². The Kier molecular flexibility index (Phi) is 30.1. The lowest BCUT2D eigenvalue weighted by atomic mass is 9.84. The van der Waals surface area contributed by atoms with Crippen LogP contribution < -0.4 is 0 Å². The second-order valence-electron chi connectivity index (χ2n) is 25.1. The van der Waals surface area contributed by atoms with E-state index in [9.17, 15) is 122 Å². The molecule has 7 aliphatic rings. The lowest BCUT2D eigenvalue weighted by molar-refractivity contribution is -0.345. The number of aliphatic hydroxyl groups is 21. The van der Waals surface area contributed by atoms with Crippen LogP contribution >= 0.6 is 0 Å². The lowest BCUT2D eigenvalue weighted by Crippen LogP contribution is -2.64. The first-order valence-electron chi connectivity index (χ1n) is 30.6. The fraction of sp³-hybridized carbons (Fsp3) is 0.964. The fourth-order valence-corrected chi connectivity index (χ4v) is 11.9. The molecule has 0 amide bonds. The highest BCUT2D eigenvalue weighted by atomic mass is 16.8. The zero-order valence-electron chi connectivity index (χ0n) is 52.2. The Morgan fingerprint density at radius 1 is 0.402 bits per heavy atom. The standard InChI is InChI=1S/C24H42O16.C18H32O11.C14H26O9/c1-8-10(3)37-14(17(31)20(8)39-22-19(33)18(32)16(30)13(6-26)38-22)7-36-24(23(34)35)4-11(27)9(2)21(40-24)15(29)12(28)5-25;1-7-9(3)28-12(15(24)13(7)22)6-27-18(17(25)26)4-10(20)8(2)16(29-18)14(23)11(21)5-19;1-5-6(2)21-8(4-16)10(18)13(5)23-14-12(20)11(19)9(17)7(3-15)22-14/h8-22,25-33H,4-7H2,1-3H3,(H,34,35);7-16,19-24H,4-6H2,1-3H3,(H,25,26);5-20H,3-4H2,1-2H3/t8?,9?,10?,11?,12-,13?,14?,15-,16?,17?,18?,19?,20?,21?,22?,24?;7?,8?,9?,10?,11-,12?,13?,14-,15?,16?,18?;/m11./s1. The molecule has 0 aromatic rings. The van der Waals surface area contributed by atoms with Gasteiger partial charge in [0.25, 0.3) is 11.6 Å². The maximum Gasteiger partial charge on any atom is 0.364 e. The Morgan fingerprint density at radius 3 is 1.04 bits per heavy atom. The van der Waals surface area contributed by atoms with Crippen molar-refractivity contribution in [2.24, 2.45) is 29.6 Å². The van der Waals surface area contributed by atoms with Crippen LogP contribution in [0.1, 0.15) is 68.2 Å². The van der Waals surface area contributed by atoms with E-state index in [4.69, 9.17) is 57.2 Å². The molecule has 7 heterocycles. The van der Waals surface area contributed by atoms with Gasteiger partial charge in [0, 0.05) is 42.4 Å². The minimum absolute atomic E-state index is 0.278. The number of aliphatic hydroxyl groups excluding tert-OH is 21. The topological polar surface area (TPSA) is 601 Å². The average molecular weight is 1350 g/mol. The molecule has 0 spiro atoms. The first kappa shape index (κ1) is 80.3. The van der Waals surface area contributed by atoms with E-state index in [0.29, 0.717) is 0 Å². The molecule has 0 saturated carbocycles. The third-order valence-corrected chi connectivity index (χ3v) is 18.9. The normalized spacial score (nSPS) is 48.1. The monoisotopic (exact) mass is 1350 g/mol. The van der Waals surface area contributed by atoms with Gasteiger partial charge >= 0.3 is 11.9 Å². The summed E-state index contributed by atoms with van der Waals surface area (Å²) in [4.78, 5) is 24.3. The molecule has 0 aromatic heterocycles. The number of hydrogen-bond donors (Lipinski definition) is 23. The van der Waals surface area contributed by atoms with E-state index in [0.717, 1.165) is 0 Å². The largest absolute Gasteiger partial charge is 0.477 e. The lowest BCUT2D eigenvalue weighted by Gasteiger charge is -2.48. The van der Waals surface area contributed by atoms with E-state index in [-0.39, 0.29) is 17.9 Å². The fourth-order valence-electron chi connectivity index (χ4n) is 11.9. The van der Waals surface area contributed by atoms with Gasteiger partial charge < -0.3 is 170 Å². The SMILES string of the molecule is CC1OC(CO)C(O)C(OC2OC(CO)C(O)C(O)C2O)C1C.CC1OC(COC2(C(=O)O)CC(O)C(C)C([C@H](O)[C@H](O)CO)O2)C(O)C(O)C1C.CC1OC(COC2(C(=O)O)CC(O)C(C)C([C@H](O)[C@H](O)CO)O2)C(O)C(OC2OC(CO)C(O)C(O)C2O)C1C. The Morgan fingerprint density at radius 2 is 0.707 bits per heavy atom. The number of aliphatic carboxylic acids is 2. The molecule has 7 aliphatic heterocycles. The predicted octanol–water partition coefficient (Wildman–Crippen LogP) is -10.4. The minimum Gasteiger partial charge on any atom is -0.477 e. The van der Waals surface area contributed by atoms with Gasteiger partial charge in [0.2, 0.25) is 0 Å². The van der Waals surface area contributed by atoms with Gasteiger partial charge in [-0.25, -0.2) is 9.59 Å². The zero-order valence-corrected chi connectivity index (χ0v) is 52.2. The van der Waals surface area contributed by atoms with Crippen LogP contribution in [0.4, 0.5) is 0 Å². The predicted molar refractivity (Wildman–Crippen MR) is 299 cm³/mol. The molecule has 37 atom stereocenters. The summed E-state index contributed by atoms with van der Waals surface area (Å²) in [5.41, 5.74) is 0. The third-order valence-electron chi connectivity index (χ3n) is 18.9. The Balaban J connectivity index is 0.000000261. The summed E-state index contributed by atoms with van der Waals surface area (Å²) in [6.07, 6.45) is -39.5. The number of carboxylic acids is 2. The number of rotatable bonds is 21. The summed E-state index contributed by atoms with van der Waals surface area (Å²) in [5.74, 6) is -10.9. The minimum atomic E-state index is -2.52. The smallest absolute Gasteiger partial charge is 0.364 e. The van der Waals surface area contributed by atoms with Crippen LogP contribution in [0.15, 0.2) is 0 Å². The molecule has 92 heavy (non-hydrogen) atoms. The van der Waals surface area contributed by atoms with Crippen LogP contribution in [-0.2, 0) is 61.7 Å². The highest BCUT2D eigenvalue weighted by Crippen LogP contribution is 2.41. The van der Waals surface area contributed by atoms with Crippen LogP contribution in [-0.4, -0.2) is 371 Å². The summed E-state index contributed by atoms with van der Waals surface area (Å²) in [5, 5.41) is 229. The summed E-state index contributed by atoms with van der Waals surface area (Å²) in [6, 6.07) is 0. The number of carbonyl (C=O) groups is 2. The molecule has 0 bridgehead atoms. The van der Waals surface area contributed by atoms with Crippen LogP contribution in [0.2, 0.25) is 0 Å². The van der Waals surface area contributed by atoms with Crippen molar-refractivity contribution in [3.05, 3.63) is 0 Å². The molecular formula is C56H100O36. The zero-order chi connectivity index (χ0) is 69.5. The summed E-state index contributed by atoms with van der Waals surface area (Å²) in [7, 11) is 0. The van der Waals surface area contributed by atoms with Gasteiger partial charge in [0.05, 0.1) is 107 Å². The Hall–Kier alpha value is -2.34. The van der Waals surface area contributed by atoms with E-state index in [1.807, 2.05) is 0 Å². The van der Waals surface area contributed by atoms with Gasteiger partial charge in [-0.3, -0.25) is 0 Å². The first-order valence-corrected chi connectivity index (χ1v) is 30.6. The first-order chi connectivity index (χ1) is 42.9. The molecule has 7 saturated heterocycles. The van der Waals surface area contributed by atoms with E-state index < -0.39 is 278 Å². The van der Waals surface area contributed by atoms with Gasteiger partial charge in [-0.05, 0) is 20.8 Å². The quantitative estimate of drug-likeness (QED) is 0.0507. The second-order valence-corrected chi connectivity index (χ2v) is 25.1. The highest BCUT2D eigenvalue weighted by molar-refractivity contribution is 5.76. The molecular weight excluding hydrogens is 1250 g/mol. The van der Waals surface area contributed by atoms with Crippen LogP contribution in [0.25, 0.3) is 0 Å². The molecule has 0 radical (unpaired) electrons. The summed E-state index contributed by atoms with van der Waals surface area (Å²) >= 11 is 0. The summed E-state index contributed by atoms with van der Waals surface area (Å²) < 4.78 is 61.1. The second kappa shape index (κ2) is 34.4. The van der Waals surface area contributed by atoms with Gasteiger partial charge in [-0.15, -0.1) is 0 Å². The maximum atomic E-state index is 12.3. The third kappa shape index (κ3) is 17.9. The van der Waals surface area contributed by atoms with E-state index in [1.165, 1.54) is 13.8 Å². The van der Waals surface area contributed by atoms with Crippen molar-refractivity contribution in [1.82, 2.24) is 0 Å². The highest BCUT2D eigenvalue weighted by Gasteiger charge is 2.58. The van der Waals surface area contributed by atoms with Crippen molar-refractivity contribution in [2.75, 3.05) is 46.2 Å². The van der Waals surface area contributed by atoms with Gasteiger partial charge in [-0.2, -0.15) is 0 Å². The average Bonchev–Trinajstić information content (AvgIpc) is 0.807. The Labute approximate surface area is 529 Å². The van der Waals surface area contributed by atoms with Crippen molar-refractivity contribution in [2.45, 2.75) is 263 Å². The molecule has 540 valence electrons. The molecule has 36 heteroatoms.